The van der Waals surface area contributed by atoms with Crippen molar-refractivity contribution in [2.45, 2.75) is 13.8 Å². The molecular weight excluding hydrogens is 244 g/mol. The second kappa shape index (κ2) is 5.25. The standard InChI is InChI=1S/C18H16N2/c1-13-6-7-14(2)16(11-13)15-8-9-18(20-12-15)17-5-3-4-10-19-17/h3-12H,1-2H3. The molecule has 2 nitrogen and oxygen atoms in total. The van der Waals surface area contributed by atoms with E-state index in [2.05, 4.69) is 48.1 Å². The Morgan fingerprint density at radius 1 is 0.800 bits per heavy atom. The number of nitrogens with zero attached hydrogens (tertiary/aromatic N) is 2. The molecule has 3 aromatic rings. The van der Waals surface area contributed by atoms with Crippen LogP contribution in [0.4, 0.5) is 0 Å². The van der Waals surface area contributed by atoms with Crippen LogP contribution in [-0.4, -0.2) is 9.97 Å². The predicted octanol–water partition coefficient (Wildman–Crippen LogP) is 4.43. The summed E-state index contributed by atoms with van der Waals surface area (Å²) in [5.74, 6) is 0. The summed E-state index contributed by atoms with van der Waals surface area (Å²) in [5, 5.41) is 0. The van der Waals surface area contributed by atoms with Gasteiger partial charge in [-0.3, -0.25) is 9.97 Å². The molecule has 2 heterocycles. The van der Waals surface area contributed by atoms with Crippen LogP contribution in [-0.2, 0) is 0 Å². The third kappa shape index (κ3) is 2.45. The molecule has 0 spiro atoms. The minimum atomic E-state index is 0.902. The Kier molecular flexibility index (Phi) is 3.30. The lowest BCUT2D eigenvalue weighted by molar-refractivity contribution is 1.24. The molecule has 0 aliphatic rings. The van der Waals surface area contributed by atoms with Gasteiger partial charge in [0.15, 0.2) is 0 Å². The van der Waals surface area contributed by atoms with E-state index < -0.39 is 0 Å². The maximum Gasteiger partial charge on any atom is 0.0886 e. The third-order valence-electron chi connectivity index (χ3n) is 3.39. The van der Waals surface area contributed by atoms with Gasteiger partial charge in [-0.2, -0.15) is 0 Å². The van der Waals surface area contributed by atoms with Gasteiger partial charge in [0, 0.05) is 18.0 Å². The monoisotopic (exact) mass is 260 g/mol. The molecule has 0 saturated heterocycles. The summed E-state index contributed by atoms with van der Waals surface area (Å²) in [5.41, 5.74) is 6.72. The Hall–Kier alpha value is -2.48. The Bertz CT molecular complexity index is 716. The van der Waals surface area contributed by atoms with Gasteiger partial charge in [0.25, 0.3) is 0 Å². The van der Waals surface area contributed by atoms with Crippen LogP contribution >= 0.6 is 0 Å². The van der Waals surface area contributed by atoms with Crippen LogP contribution in [0.25, 0.3) is 22.5 Å². The van der Waals surface area contributed by atoms with E-state index in [9.17, 15) is 0 Å². The molecule has 0 N–H and O–H groups in total. The summed E-state index contributed by atoms with van der Waals surface area (Å²) in [4.78, 5) is 8.85. The number of hydrogen-bond acceptors (Lipinski definition) is 2. The summed E-state index contributed by atoms with van der Waals surface area (Å²) in [6, 6.07) is 16.5. The first-order chi connectivity index (χ1) is 9.74. The topological polar surface area (TPSA) is 25.8 Å². The molecule has 2 heteroatoms. The highest BCUT2D eigenvalue weighted by molar-refractivity contribution is 5.69. The van der Waals surface area contributed by atoms with Crippen LogP contribution in [0.2, 0.25) is 0 Å². The molecular formula is C18H16N2. The first kappa shape index (κ1) is 12.5. The summed E-state index contributed by atoms with van der Waals surface area (Å²) in [6.45, 7) is 4.24. The molecule has 0 aliphatic heterocycles. The zero-order chi connectivity index (χ0) is 13.9. The van der Waals surface area contributed by atoms with E-state index in [1.54, 1.807) is 6.20 Å². The van der Waals surface area contributed by atoms with Crippen molar-refractivity contribution in [3.63, 3.8) is 0 Å². The number of rotatable bonds is 2. The molecule has 0 fully saturated rings. The lowest BCUT2D eigenvalue weighted by Gasteiger charge is -2.08. The van der Waals surface area contributed by atoms with Crippen LogP contribution in [0.1, 0.15) is 11.1 Å². The fraction of sp³-hybridized carbons (Fsp3) is 0.111. The summed E-state index contributed by atoms with van der Waals surface area (Å²) >= 11 is 0. The molecule has 0 radical (unpaired) electrons. The highest BCUT2D eigenvalue weighted by Gasteiger charge is 2.04. The second-order valence-corrected chi connectivity index (χ2v) is 4.97. The smallest absolute Gasteiger partial charge is 0.0886 e. The first-order valence-corrected chi connectivity index (χ1v) is 6.69. The summed E-state index contributed by atoms with van der Waals surface area (Å²) < 4.78 is 0. The van der Waals surface area contributed by atoms with Crippen molar-refractivity contribution < 1.29 is 0 Å². The zero-order valence-corrected chi connectivity index (χ0v) is 11.7. The van der Waals surface area contributed by atoms with E-state index in [1.165, 1.54) is 16.7 Å². The lowest BCUT2D eigenvalue weighted by atomic mass is 9.99. The van der Waals surface area contributed by atoms with Crippen molar-refractivity contribution in [1.82, 2.24) is 9.97 Å². The van der Waals surface area contributed by atoms with Crippen molar-refractivity contribution in [3.8, 4) is 22.5 Å². The highest BCUT2D eigenvalue weighted by atomic mass is 14.8. The first-order valence-electron chi connectivity index (χ1n) is 6.69. The molecule has 3 rings (SSSR count). The van der Waals surface area contributed by atoms with Crippen LogP contribution < -0.4 is 0 Å². The molecule has 0 bridgehead atoms. The minimum absolute atomic E-state index is 0.902. The van der Waals surface area contributed by atoms with Gasteiger partial charge in [-0.25, -0.2) is 0 Å². The minimum Gasteiger partial charge on any atom is -0.255 e. The number of pyridine rings is 2. The van der Waals surface area contributed by atoms with Crippen LogP contribution in [0.3, 0.4) is 0 Å². The van der Waals surface area contributed by atoms with Crippen LogP contribution in [0.15, 0.2) is 60.9 Å². The van der Waals surface area contributed by atoms with E-state index in [1.807, 2.05) is 30.5 Å². The van der Waals surface area contributed by atoms with E-state index in [0.717, 1.165) is 17.0 Å². The average Bonchev–Trinajstić information content (AvgIpc) is 2.51. The number of benzene rings is 1. The molecule has 2 aromatic heterocycles. The summed E-state index contributed by atoms with van der Waals surface area (Å²) in [7, 11) is 0. The Balaban J connectivity index is 2.00. The van der Waals surface area contributed by atoms with Crippen molar-refractivity contribution in [1.29, 1.82) is 0 Å². The zero-order valence-electron chi connectivity index (χ0n) is 11.7. The van der Waals surface area contributed by atoms with Gasteiger partial charge in [-0.05, 0) is 43.2 Å². The van der Waals surface area contributed by atoms with E-state index in [-0.39, 0.29) is 0 Å². The maximum atomic E-state index is 4.53. The number of aryl methyl sites for hydroxylation is 2. The third-order valence-corrected chi connectivity index (χ3v) is 3.39. The second-order valence-electron chi connectivity index (χ2n) is 4.97. The van der Waals surface area contributed by atoms with Gasteiger partial charge < -0.3 is 0 Å². The van der Waals surface area contributed by atoms with Crippen molar-refractivity contribution in [2.24, 2.45) is 0 Å². The van der Waals surface area contributed by atoms with Gasteiger partial charge in [-0.15, -0.1) is 0 Å². The maximum absolute atomic E-state index is 4.53. The van der Waals surface area contributed by atoms with Gasteiger partial charge in [-0.1, -0.05) is 35.9 Å². The van der Waals surface area contributed by atoms with E-state index >= 15 is 0 Å². The van der Waals surface area contributed by atoms with Crippen molar-refractivity contribution in [2.75, 3.05) is 0 Å². The molecule has 98 valence electrons. The average molecular weight is 260 g/mol. The van der Waals surface area contributed by atoms with Crippen molar-refractivity contribution >= 4 is 0 Å². The Morgan fingerprint density at radius 2 is 1.65 bits per heavy atom. The molecule has 0 saturated carbocycles. The summed E-state index contributed by atoms with van der Waals surface area (Å²) in [6.07, 6.45) is 3.71. The molecule has 0 aliphatic carbocycles. The van der Waals surface area contributed by atoms with Gasteiger partial charge in [0.2, 0.25) is 0 Å². The fourth-order valence-electron chi connectivity index (χ4n) is 2.27. The number of hydrogen-bond donors (Lipinski definition) is 0. The normalized spacial score (nSPS) is 10.5. The van der Waals surface area contributed by atoms with Gasteiger partial charge in [0.05, 0.1) is 11.4 Å². The molecule has 0 atom stereocenters. The quantitative estimate of drug-likeness (QED) is 0.681. The Morgan fingerprint density at radius 3 is 2.35 bits per heavy atom. The van der Waals surface area contributed by atoms with Crippen LogP contribution in [0, 0.1) is 13.8 Å². The molecule has 20 heavy (non-hydrogen) atoms. The van der Waals surface area contributed by atoms with E-state index in [4.69, 9.17) is 0 Å². The predicted molar refractivity (Wildman–Crippen MR) is 82.4 cm³/mol. The van der Waals surface area contributed by atoms with Gasteiger partial charge >= 0.3 is 0 Å². The van der Waals surface area contributed by atoms with Gasteiger partial charge in [0.1, 0.15) is 0 Å². The molecule has 1 aromatic carbocycles. The molecule has 0 unspecified atom stereocenters. The highest BCUT2D eigenvalue weighted by Crippen LogP contribution is 2.25. The SMILES string of the molecule is Cc1ccc(C)c(-c2ccc(-c3ccccn3)nc2)c1. The van der Waals surface area contributed by atoms with Crippen LogP contribution in [0.5, 0.6) is 0 Å². The van der Waals surface area contributed by atoms with E-state index in [0.29, 0.717) is 0 Å². The Labute approximate surface area is 119 Å². The van der Waals surface area contributed by atoms with Crippen molar-refractivity contribution in [3.05, 3.63) is 72.1 Å². The molecule has 0 amide bonds. The largest absolute Gasteiger partial charge is 0.255 e. The number of aromatic nitrogens is 2. The fourth-order valence-corrected chi connectivity index (χ4v) is 2.27. The lowest BCUT2D eigenvalue weighted by Crippen LogP contribution is -1.89.